The van der Waals surface area contributed by atoms with Gasteiger partial charge in [-0.05, 0) is 32.9 Å². The SMILES string of the molecule is CC(C)(C)OC(=O)N1CCN(c2nsnc2Nc2ccccn2)CC1. The van der Waals surface area contributed by atoms with Crippen LogP contribution in [0.15, 0.2) is 24.4 Å². The molecule has 1 saturated heterocycles. The van der Waals surface area contributed by atoms with Gasteiger partial charge in [-0.1, -0.05) is 6.07 Å². The summed E-state index contributed by atoms with van der Waals surface area (Å²) in [6.45, 7) is 8.17. The van der Waals surface area contributed by atoms with Crippen LogP contribution in [0.2, 0.25) is 0 Å². The number of hydrogen-bond donors (Lipinski definition) is 1. The van der Waals surface area contributed by atoms with Crippen molar-refractivity contribution in [3.63, 3.8) is 0 Å². The average molecular weight is 362 g/mol. The van der Waals surface area contributed by atoms with Crippen LogP contribution in [0, 0.1) is 0 Å². The third-order valence-electron chi connectivity index (χ3n) is 3.61. The number of carbonyl (C=O) groups excluding carboxylic acids is 1. The summed E-state index contributed by atoms with van der Waals surface area (Å²) < 4.78 is 14.1. The van der Waals surface area contributed by atoms with E-state index in [1.54, 1.807) is 11.1 Å². The Hall–Kier alpha value is -2.42. The topological polar surface area (TPSA) is 83.5 Å². The molecule has 0 bridgehead atoms. The summed E-state index contributed by atoms with van der Waals surface area (Å²) in [6, 6.07) is 5.65. The number of pyridine rings is 1. The van der Waals surface area contributed by atoms with E-state index in [9.17, 15) is 4.79 Å². The Kier molecular flexibility index (Phi) is 5.03. The van der Waals surface area contributed by atoms with E-state index in [0.717, 1.165) is 23.4 Å². The quantitative estimate of drug-likeness (QED) is 0.899. The first-order valence-electron chi connectivity index (χ1n) is 8.16. The van der Waals surface area contributed by atoms with Crippen molar-refractivity contribution in [2.24, 2.45) is 0 Å². The van der Waals surface area contributed by atoms with Gasteiger partial charge in [0, 0.05) is 32.4 Å². The van der Waals surface area contributed by atoms with Crippen molar-refractivity contribution in [2.75, 3.05) is 36.4 Å². The number of amides is 1. The number of hydrogen-bond acceptors (Lipinski definition) is 8. The third kappa shape index (κ3) is 4.56. The molecule has 0 atom stereocenters. The Morgan fingerprint density at radius 3 is 2.60 bits per heavy atom. The Balaban J connectivity index is 1.60. The number of ether oxygens (including phenoxy) is 1. The standard InChI is InChI=1S/C16H22N6O2S/c1-16(2,3)24-15(23)22-10-8-21(9-11-22)14-13(19-25-20-14)18-12-6-4-5-7-17-12/h4-7H,8-11H2,1-3H3,(H,17,18,19). The number of rotatable bonds is 3. The highest BCUT2D eigenvalue weighted by Crippen LogP contribution is 2.27. The first kappa shape index (κ1) is 17.4. The van der Waals surface area contributed by atoms with Crippen LogP contribution in [0.4, 0.5) is 22.2 Å². The van der Waals surface area contributed by atoms with Crippen molar-refractivity contribution in [1.82, 2.24) is 18.6 Å². The number of nitrogens with zero attached hydrogens (tertiary/aromatic N) is 5. The van der Waals surface area contributed by atoms with Crippen LogP contribution in [0.25, 0.3) is 0 Å². The second-order valence-electron chi connectivity index (χ2n) is 6.73. The lowest BCUT2D eigenvalue weighted by Crippen LogP contribution is -2.50. The smallest absolute Gasteiger partial charge is 0.410 e. The predicted octanol–water partition coefficient (Wildman–Crippen LogP) is 2.73. The summed E-state index contributed by atoms with van der Waals surface area (Å²) in [4.78, 5) is 20.3. The van der Waals surface area contributed by atoms with E-state index in [1.807, 2.05) is 39.0 Å². The van der Waals surface area contributed by atoms with Gasteiger partial charge in [-0.3, -0.25) is 0 Å². The molecule has 1 aliphatic rings. The minimum atomic E-state index is -0.479. The average Bonchev–Trinajstić information content (AvgIpc) is 3.02. The number of piperazine rings is 1. The molecule has 0 radical (unpaired) electrons. The van der Waals surface area contributed by atoms with Gasteiger partial charge in [0.1, 0.15) is 11.4 Å². The molecule has 25 heavy (non-hydrogen) atoms. The molecule has 1 aliphatic heterocycles. The first-order chi connectivity index (χ1) is 11.9. The molecule has 0 unspecified atom stereocenters. The maximum Gasteiger partial charge on any atom is 0.410 e. The van der Waals surface area contributed by atoms with Gasteiger partial charge < -0.3 is 19.9 Å². The van der Waals surface area contributed by atoms with Crippen molar-refractivity contribution in [3.8, 4) is 0 Å². The Morgan fingerprint density at radius 1 is 1.20 bits per heavy atom. The molecule has 3 rings (SSSR count). The Labute approximate surface area is 151 Å². The van der Waals surface area contributed by atoms with E-state index >= 15 is 0 Å². The van der Waals surface area contributed by atoms with Crippen molar-refractivity contribution < 1.29 is 9.53 Å². The molecule has 2 aromatic rings. The molecule has 1 amide bonds. The molecular weight excluding hydrogens is 340 g/mol. The van der Waals surface area contributed by atoms with Crippen LogP contribution in [-0.4, -0.2) is 56.5 Å². The van der Waals surface area contributed by atoms with Gasteiger partial charge in [0.05, 0.1) is 11.7 Å². The van der Waals surface area contributed by atoms with Crippen LogP contribution in [-0.2, 0) is 4.74 Å². The molecule has 0 saturated carbocycles. The Morgan fingerprint density at radius 2 is 1.96 bits per heavy atom. The molecule has 1 fully saturated rings. The summed E-state index contributed by atoms with van der Waals surface area (Å²) in [5.74, 6) is 2.21. The zero-order valence-corrected chi connectivity index (χ0v) is 15.4. The van der Waals surface area contributed by atoms with Gasteiger partial charge in [-0.2, -0.15) is 8.75 Å². The van der Waals surface area contributed by atoms with E-state index in [4.69, 9.17) is 4.74 Å². The molecular formula is C16H22N6O2S. The van der Waals surface area contributed by atoms with Crippen molar-refractivity contribution in [2.45, 2.75) is 26.4 Å². The van der Waals surface area contributed by atoms with Gasteiger partial charge in [-0.15, -0.1) is 0 Å². The molecule has 3 heterocycles. The lowest BCUT2D eigenvalue weighted by atomic mass is 10.2. The normalized spacial score (nSPS) is 15.2. The van der Waals surface area contributed by atoms with Crippen LogP contribution in [0.1, 0.15) is 20.8 Å². The maximum atomic E-state index is 12.2. The molecule has 0 aliphatic carbocycles. The molecule has 9 heteroatoms. The molecule has 134 valence electrons. The van der Waals surface area contributed by atoms with E-state index in [1.165, 1.54) is 0 Å². The van der Waals surface area contributed by atoms with Gasteiger partial charge in [-0.25, -0.2) is 9.78 Å². The number of nitrogens with one attached hydrogen (secondary N) is 1. The fraction of sp³-hybridized carbons (Fsp3) is 0.500. The highest BCUT2D eigenvalue weighted by Gasteiger charge is 2.27. The summed E-state index contributed by atoms with van der Waals surface area (Å²) in [5.41, 5.74) is -0.479. The second-order valence-corrected chi connectivity index (χ2v) is 7.26. The molecule has 2 aromatic heterocycles. The monoisotopic (exact) mass is 362 g/mol. The highest BCUT2D eigenvalue weighted by molar-refractivity contribution is 6.99. The number of anilines is 3. The van der Waals surface area contributed by atoms with Gasteiger partial charge >= 0.3 is 6.09 Å². The van der Waals surface area contributed by atoms with Crippen LogP contribution in [0.5, 0.6) is 0 Å². The second kappa shape index (κ2) is 7.22. The van der Waals surface area contributed by atoms with Gasteiger partial charge in [0.2, 0.25) is 0 Å². The highest BCUT2D eigenvalue weighted by atomic mass is 32.1. The van der Waals surface area contributed by atoms with E-state index < -0.39 is 5.60 Å². The lowest BCUT2D eigenvalue weighted by Gasteiger charge is -2.35. The Bertz CT molecular complexity index is 707. The molecule has 0 spiro atoms. The van der Waals surface area contributed by atoms with E-state index in [0.29, 0.717) is 32.0 Å². The minimum Gasteiger partial charge on any atom is -0.444 e. The maximum absolute atomic E-state index is 12.2. The van der Waals surface area contributed by atoms with Crippen LogP contribution < -0.4 is 10.2 Å². The summed E-state index contributed by atoms with van der Waals surface area (Å²) in [5, 5.41) is 3.19. The predicted molar refractivity (Wildman–Crippen MR) is 97.4 cm³/mol. The minimum absolute atomic E-state index is 0.268. The van der Waals surface area contributed by atoms with Crippen LogP contribution >= 0.6 is 11.7 Å². The summed E-state index contributed by atoms with van der Waals surface area (Å²) in [6.07, 6.45) is 1.46. The summed E-state index contributed by atoms with van der Waals surface area (Å²) in [7, 11) is 0. The lowest BCUT2D eigenvalue weighted by molar-refractivity contribution is 0.0240. The largest absolute Gasteiger partial charge is 0.444 e. The number of carbonyl (C=O) groups is 1. The van der Waals surface area contributed by atoms with Gasteiger partial charge in [0.25, 0.3) is 0 Å². The summed E-state index contributed by atoms with van der Waals surface area (Å²) >= 11 is 1.16. The van der Waals surface area contributed by atoms with Gasteiger partial charge in [0.15, 0.2) is 11.6 Å². The molecule has 0 aromatic carbocycles. The fourth-order valence-corrected chi connectivity index (χ4v) is 2.98. The third-order valence-corrected chi connectivity index (χ3v) is 4.13. The van der Waals surface area contributed by atoms with Crippen molar-refractivity contribution >= 4 is 35.3 Å². The fourth-order valence-electron chi connectivity index (χ4n) is 2.46. The first-order valence-corrected chi connectivity index (χ1v) is 8.89. The van der Waals surface area contributed by atoms with Crippen molar-refractivity contribution in [3.05, 3.63) is 24.4 Å². The van der Waals surface area contributed by atoms with E-state index in [2.05, 4.69) is 23.9 Å². The molecule has 8 nitrogen and oxygen atoms in total. The zero-order chi connectivity index (χ0) is 17.9. The van der Waals surface area contributed by atoms with E-state index in [-0.39, 0.29) is 6.09 Å². The number of aromatic nitrogens is 3. The molecule has 1 N–H and O–H groups in total. The van der Waals surface area contributed by atoms with Crippen LogP contribution in [0.3, 0.4) is 0 Å². The van der Waals surface area contributed by atoms with Crippen molar-refractivity contribution in [1.29, 1.82) is 0 Å². The zero-order valence-electron chi connectivity index (χ0n) is 14.6.